The minimum absolute atomic E-state index is 0.00881. The van der Waals surface area contributed by atoms with E-state index in [-0.39, 0.29) is 22.4 Å². The van der Waals surface area contributed by atoms with Gasteiger partial charge in [0.1, 0.15) is 23.4 Å². The topological polar surface area (TPSA) is 70.1 Å². The number of hydrogen-bond acceptors (Lipinski definition) is 4. The first kappa shape index (κ1) is 27.2. The summed E-state index contributed by atoms with van der Waals surface area (Å²) in [6.07, 6.45) is 4.60. The summed E-state index contributed by atoms with van der Waals surface area (Å²) < 4.78 is 35.1. The van der Waals surface area contributed by atoms with Crippen LogP contribution >= 0.6 is 23.2 Å². The Morgan fingerprint density at radius 3 is 2.37 bits per heavy atom. The van der Waals surface area contributed by atoms with Gasteiger partial charge in [0.25, 0.3) is 5.91 Å². The van der Waals surface area contributed by atoms with Crippen LogP contribution in [0.4, 0.5) is 8.78 Å². The third kappa shape index (κ3) is 5.92. The summed E-state index contributed by atoms with van der Waals surface area (Å²) in [5.41, 5.74) is 1.43. The average Bonchev–Trinajstić information content (AvgIpc) is 3.61. The largest absolute Gasteiger partial charge is 0.493 e. The van der Waals surface area contributed by atoms with Crippen molar-refractivity contribution >= 4 is 35.1 Å². The summed E-state index contributed by atoms with van der Waals surface area (Å²) in [6.45, 7) is 2.87. The van der Waals surface area contributed by atoms with E-state index in [1.54, 1.807) is 6.07 Å². The first-order valence-corrected chi connectivity index (χ1v) is 13.8. The molecule has 3 aliphatic rings. The van der Waals surface area contributed by atoms with Gasteiger partial charge in [0, 0.05) is 24.2 Å². The van der Waals surface area contributed by atoms with Crippen LogP contribution in [0.2, 0.25) is 10.0 Å². The number of carbonyl (C=O) groups is 2. The van der Waals surface area contributed by atoms with Crippen LogP contribution in [0.25, 0.3) is 0 Å². The van der Waals surface area contributed by atoms with Crippen LogP contribution in [-0.2, 0) is 11.3 Å². The van der Waals surface area contributed by atoms with Crippen LogP contribution < -0.4 is 4.74 Å². The minimum Gasteiger partial charge on any atom is -0.493 e. The van der Waals surface area contributed by atoms with Crippen molar-refractivity contribution in [3.63, 3.8) is 0 Å². The van der Waals surface area contributed by atoms with E-state index in [0.717, 1.165) is 44.3 Å². The number of ether oxygens (including phenoxy) is 1. The van der Waals surface area contributed by atoms with Crippen molar-refractivity contribution < 1.29 is 28.2 Å². The molecule has 0 spiro atoms. The number of rotatable bonds is 8. The number of nitrogens with zero attached hydrogens (tertiary/aromatic N) is 2. The molecule has 1 amide bonds. The number of hydrogen-bond donors (Lipinski definition) is 1. The van der Waals surface area contributed by atoms with Gasteiger partial charge in [-0.05, 0) is 92.8 Å². The molecule has 204 valence electrons. The molecule has 1 N–H and O–H groups in total. The molecule has 1 aliphatic carbocycles. The van der Waals surface area contributed by atoms with Crippen LogP contribution in [0, 0.1) is 17.6 Å². The number of aliphatic carboxylic acids is 1. The summed E-state index contributed by atoms with van der Waals surface area (Å²) in [6, 6.07) is 4.76. The van der Waals surface area contributed by atoms with Gasteiger partial charge in [0.2, 0.25) is 0 Å². The Bertz CT molecular complexity index is 1230. The lowest BCUT2D eigenvalue weighted by Gasteiger charge is -2.32. The van der Waals surface area contributed by atoms with E-state index in [1.807, 2.05) is 0 Å². The Balaban J connectivity index is 1.20. The standard InChI is InChI=1S/C28H30Cl2F2N2O4/c29-21-12-22(30)24(32)10-18(21)14-33-8-5-16(6-9-33)15-38-26-13-23(31)20(11-19(26)17-3-4-17)27(35)34-7-1-2-25(34)28(36)37/h10-13,16-17,25H,1-9,14-15H2,(H,36,37)/t25-/m0/s1. The number of piperidine rings is 1. The number of carbonyl (C=O) groups excluding carboxylic acids is 1. The molecular formula is C28H30Cl2F2N2O4. The molecule has 2 heterocycles. The smallest absolute Gasteiger partial charge is 0.326 e. The highest BCUT2D eigenvalue weighted by molar-refractivity contribution is 6.35. The third-order valence-corrected chi connectivity index (χ3v) is 8.45. The second-order valence-corrected chi connectivity index (χ2v) is 11.3. The van der Waals surface area contributed by atoms with Gasteiger partial charge in [0.15, 0.2) is 0 Å². The summed E-state index contributed by atoms with van der Waals surface area (Å²) >= 11 is 12.0. The van der Waals surface area contributed by atoms with E-state index in [0.29, 0.717) is 48.9 Å². The molecule has 6 nitrogen and oxygen atoms in total. The molecule has 2 aromatic carbocycles. The zero-order valence-electron chi connectivity index (χ0n) is 20.9. The Hall–Kier alpha value is -2.42. The van der Waals surface area contributed by atoms with Crippen molar-refractivity contribution in [1.82, 2.24) is 9.80 Å². The fraction of sp³-hybridized carbons (Fsp3) is 0.500. The van der Waals surface area contributed by atoms with Crippen LogP contribution in [-0.4, -0.2) is 59.1 Å². The minimum atomic E-state index is -1.06. The Morgan fingerprint density at radius 1 is 0.947 bits per heavy atom. The lowest BCUT2D eigenvalue weighted by atomic mass is 9.97. The van der Waals surface area contributed by atoms with Gasteiger partial charge < -0.3 is 14.7 Å². The van der Waals surface area contributed by atoms with Crippen LogP contribution in [0.5, 0.6) is 5.75 Å². The molecule has 0 radical (unpaired) electrons. The van der Waals surface area contributed by atoms with Crippen molar-refractivity contribution in [2.75, 3.05) is 26.2 Å². The van der Waals surface area contributed by atoms with E-state index >= 15 is 4.39 Å². The summed E-state index contributed by atoms with van der Waals surface area (Å²) in [5, 5.41) is 9.88. The van der Waals surface area contributed by atoms with Crippen LogP contribution in [0.3, 0.4) is 0 Å². The fourth-order valence-electron chi connectivity index (χ4n) is 5.44. The molecule has 38 heavy (non-hydrogen) atoms. The maximum absolute atomic E-state index is 15.1. The number of amides is 1. The van der Waals surface area contributed by atoms with Crippen LogP contribution in [0.15, 0.2) is 24.3 Å². The van der Waals surface area contributed by atoms with Gasteiger partial charge in [-0.3, -0.25) is 9.69 Å². The highest BCUT2D eigenvalue weighted by Crippen LogP contribution is 2.45. The molecule has 3 fully saturated rings. The highest BCUT2D eigenvalue weighted by Gasteiger charge is 2.37. The third-order valence-electron chi connectivity index (χ3n) is 7.81. The number of carboxylic acid groups (broad SMARTS) is 1. The number of halogens is 4. The van der Waals surface area contributed by atoms with Crippen molar-refractivity contribution in [1.29, 1.82) is 0 Å². The van der Waals surface area contributed by atoms with Gasteiger partial charge in [-0.1, -0.05) is 23.2 Å². The number of carboxylic acids is 1. The SMILES string of the molecule is O=C(O)[C@@H]1CCCN1C(=O)c1cc(C2CC2)c(OCC2CCN(Cc3cc(F)c(Cl)cc3Cl)CC2)cc1F. The summed E-state index contributed by atoms with van der Waals surface area (Å²) in [4.78, 5) is 28.1. The van der Waals surface area contributed by atoms with Gasteiger partial charge in [-0.2, -0.15) is 0 Å². The average molecular weight is 567 g/mol. The zero-order chi connectivity index (χ0) is 27.0. The van der Waals surface area contributed by atoms with Crippen molar-refractivity contribution in [3.8, 4) is 5.75 Å². The first-order chi connectivity index (χ1) is 18.2. The van der Waals surface area contributed by atoms with E-state index in [9.17, 15) is 19.1 Å². The molecule has 0 unspecified atom stereocenters. The molecule has 1 saturated carbocycles. The normalized spacial score (nSPS) is 20.6. The lowest BCUT2D eigenvalue weighted by molar-refractivity contribution is -0.141. The van der Waals surface area contributed by atoms with Crippen LogP contribution in [0.1, 0.15) is 65.9 Å². The Labute approximate surface area is 230 Å². The molecule has 5 rings (SSSR count). The van der Waals surface area contributed by atoms with E-state index in [4.69, 9.17) is 27.9 Å². The van der Waals surface area contributed by atoms with Crippen molar-refractivity contribution in [2.24, 2.45) is 5.92 Å². The Morgan fingerprint density at radius 2 is 1.68 bits per heavy atom. The number of likely N-dealkylation sites (tertiary alicyclic amines) is 2. The summed E-state index contributed by atoms with van der Waals surface area (Å²) in [5.74, 6) is -1.85. The molecule has 0 aromatic heterocycles. The second kappa shape index (κ2) is 11.4. The predicted octanol–water partition coefficient (Wildman–Crippen LogP) is 6.13. The molecule has 1 atom stereocenters. The monoisotopic (exact) mass is 566 g/mol. The van der Waals surface area contributed by atoms with E-state index in [2.05, 4.69) is 4.90 Å². The molecular weight excluding hydrogens is 537 g/mol. The summed E-state index contributed by atoms with van der Waals surface area (Å²) in [7, 11) is 0. The highest BCUT2D eigenvalue weighted by atomic mass is 35.5. The molecule has 0 bridgehead atoms. The zero-order valence-corrected chi connectivity index (χ0v) is 22.4. The van der Waals surface area contributed by atoms with E-state index in [1.165, 1.54) is 23.1 Å². The fourth-order valence-corrected chi connectivity index (χ4v) is 5.88. The lowest BCUT2D eigenvalue weighted by Crippen LogP contribution is -2.40. The first-order valence-electron chi connectivity index (χ1n) is 13.1. The van der Waals surface area contributed by atoms with E-state index < -0.39 is 29.6 Å². The molecule has 10 heteroatoms. The van der Waals surface area contributed by atoms with Gasteiger partial charge >= 0.3 is 5.97 Å². The van der Waals surface area contributed by atoms with Gasteiger partial charge in [-0.25, -0.2) is 13.6 Å². The quantitative estimate of drug-likeness (QED) is 0.389. The molecule has 2 aliphatic heterocycles. The number of benzene rings is 2. The van der Waals surface area contributed by atoms with Gasteiger partial charge in [-0.15, -0.1) is 0 Å². The maximum atomic E-state index is 15.1. The molecule has 2 aromatic rings. The van der Waals surface area contributed by atoms with Crippen molar-refractivity contribution in [3.05, 3.63) is 62.6 Å². The second-order valence-electron chi connectivity index (χ2n) is 10.5. The maximum Gasteiger partial charge on any atom is 0.326 e. The van der Waals surface area contributed by atoms with Crippen molar-refractivity contribution in [2.45, 2.75) is 57.0 Å². The Kier molecular flexibility index (Phi) is 8.12. The predicted molar refractivity (Wildman–Crippen MR) is 140 cm³/mol. The molecule has 2 saturated heterocycles. The van der Waals surface area contributed by atoms with Gasteiger partial charge in [0.05, 0.1) is 17.2 Å².